The van der Waals surface area contributed by atoms with Crippen LogP contribution in [0, 0.1) is 5.41 Å². The Bertz CT molecular complexity index is 643. The summed E-state index contributed by atoms with van der Waals surface area (Å²) in [7, 11) is -2.13. The molecule has 116 valence electrons. The van der Waals surface area contributed by atoms with Gasteiger partial charge in [0.25, 0.3) is 0 Å². The fourth-order valence-corrected chi connectivity index (χ4v) is 4.05. The van der Waals surface area contributed by atoms with Gasteiger partial charge in [0.15, 0.2) is 0 Å². The molecule has 1 aliphatic heterocycles. The van der Waals surface area contributed by atoms with Gasteiger partial charge < -0.3 is 9.84 Å². The lowest BCUT2D eigenvalue weighted by molar-refractivity contribution is -0.146. The van der Waals surface area contributed by atoms with E-state index in [1.807, 2.05) is 0 Å². The first-order valence-electron chi connectivity index (χ1n) is 6.61. The average molecular weight is 313 g/mol. The highest BCUT2D eigenvalue weighted by Crippen LogP contribution is 2.33. The van der Waals surface area contributed by atoms with E-state index in [4.69, 9.17) is 4.74 Å². The number of nitrogens with zero attached hydrogens (tertiary/aromatic N) is 1. The van der Waals surface area contributed by atoms with Crippen LogP contribution in [0.1, 0.15) is 18.9 Å². The molecule has 1 aromatic carbocycles. The molecule has 1 atom stereocenters. The second-order valence-electron chi connectivity index (χ2n) is 5.53. The van der Waals surface area contributed by atoms with Crippen LogP contribution in [0.2, 0.25) is 0 Å². The Balaban J connectivity index is 2.27. The number of benzene rings is 1. The minimum absolute atomic E-state index is 0.000821. The van der Waals surface area contributed by atoms with Gasteiger partial charge in [-0.05, 0) is 31.0 Å². The molecule has 1 saturated heterocycles. The van der Waals surface area contributed by atoms with Gasteiger partial charge >= 0.3 is 5.97 Å². The third-order valence-corrected chi connectivity index (χ3v) is 5.64. The Labute approximate surface area is 124 Å². The van der Waals surface area contributed by atoms with Gasteiger partial charge in [0.05, 0.1) is 16.9 Å². The van der Waals surface area contributed by atoms with Crippen LogP contribution < -0.4 is 0 Å². The van der Waals surface area contributed by atoms with E-state index in [2.05, 4.69) is 0 Å². The van der Waals surface area contributed by atoms with Crippen LogP contribution in [0.25, 0.3) is 0 Å². The molecule has 21 heavy (non-hydrogen) atoms. The van der Waals surface area contributed by atoms with Crippen molar-refractivity contribution < 1.29 is 23.1 Å². The standard InChI is InChI=1S/C14H19NO5S/c1-14(13(16)17)6-7-15(10-14)21(18,19)12-5-3-4-11(8-12)9-20-2/h3-5,8H,6-7,9-10H2,1-2H3,(H,16,17). The van der Waals surface area contributed by atoms with Gasteiger partial charge in [0, 0.05) is 20.2 Å². The maximum Gasteiger partial charge on any atom is 0.310 e. The third kappa shape index (κ3) is 3.09. The minimum Gasteiger partial charge on any atom is -0.481 e. The van der Waals surface area contributed by atoms with Crippen LogP contribution in [0.3, 0.4) is 0 Å². The molecule has 1 aliphatic rings. The van der Waals surface area contributed by atoms with Crippen LogP contribution in [0.15, 0.2) is 29.2 Å². The number of rotatable bonds is 5. The second-order valence-corrected chi connectivity index (χ2v) is 7.47. The van der Waals surface area contributed by atoms with Crippen molar-refractivity contribution in [3.63, 3.8) is 0 Å². The topological polar surface area (TPSA) is 83.9 Å². The third-order valence-electron chi connectivity index (χ3n) is 3.80. The molecule has 0 amide bonds. The Morgan fingerprint density at radius 2 is 2.19 bits per heavy atom. The van der Waals surface area contributed by atoms with Gasteiger partial charge in [-0.2, -0.15) is 4.31 Å². The minimum atomic E-state index is -3.67. The molecule has 0 aromatic heterocycles. The van der Waals surface area contributed by atoms with Gasteiger partial charge in [-0.1, -0.05) is 12.1 Å². The zero-order chi connectivity index (χ0) is 15.7. The summed E-state index contributed by atoms with van der Waals surface area (Å²) in [5.74, 6) is -0.965. The van der Waals surface area contributed by atoms with E-state index in [0.717, 1.165) is 5.56 Å². The zero-order valence-electron chi connectivity index (χ0n) is 12.1. The summed E-state index contributed by atoms with van der Waals surface area (Å²) in [6, 6.07) is 6.53. The first-order valence-corrected chi connectivity index (χ1v) is 8.05. The number of methoxy groups -OCH3 is 1. The molecular weight excluding hydrogens is 294 g/mol. The average Bonchev–Trinajstić information content (AvgIpc) is 2.84. The molecule has 1 unspecified atom stereocenters. The van der Waals surface area contributed by atoms with E-state index in [1.165, 1.54) is 10.4 Å². The van der Waals surface area contributed by atoms with Crippen LogP contribution in [0.5, 0.6) is 0 Å². The summed E-state index contributed by atoms with van der Waals surface area (Å²) in [5.41, 5.74) is -0.254. The maximum absolute atomic E-state index is 12.6. The summed E-state index contributed by atoms with van der Waals surface area (Å²) >= 11 is 0. The molecule has 0 radical (unpaired) electrons. The largest absolute Gasteiger partial charge is 0.481 e. The number of carboxylic acid groups (broad SMARTS) is 1. The fourth-order valence-electron chi connectivity index (χ4n) is 2.41. The van der Waals surface area contributed by atoms with E-state index in [0.29, 0.717) is 13.0 Å². The Hall–Kier alpha value is -1.44. The summed E-state index contributed by atoms with van der Waals surface area (Å²) in [6.07, 6.45) is 0.319. The van der Waals surface area contributed by atoms with Crippen molar-refractivity contribution in [3.8, 4) is 0 Å². The van der Waals surface area contributed by atoms with Crippen molar-refractivity contribution >= 4 is 16.0 Å². The van der Waals surface area contributed by atoms with Crippen molar-refractivity contribution in [1.82, 2.24) is 4.31 Å². The fraction of sp³-hybridized carbons (Fsp3) is 0.500. The van der Waals surface area contributed by atoms with Crippen LogP contribution >= 0.6 is 0 Å². The number of ether oxygens (including phenoxy) is 1. The zero-order valence-corrected chi connectivity index (χ0v) is 12.9. The number of hydrogen-bond donors (Lipinski definition) is 1. The van der Waals surface area contributed by atoms with Gasteiger partial charge in [0.1, 0.15) is 0 Å². The molecule has 1 fully saturated rings. The first kappa shape index (κ1) is 15.9. The summed E-state index contributed by atoms with van der Waals surface area (Å²) in [4.78, 5) is 11.4. The highest BCUT2D eigenvalue weighted by Gasteiger charge is 2.44. The molecule has 0 spiro atoms. The van der Waals surface area contributed by atoms with Gasteiger partial charge in [0.2, 0.25) is 10.0 Å². The molecule has 2 rings (SSSR count). The van der Waals surface area contributed by atoms with Crippen LogP contribution in [0.4, 0.5) is 0 Å². The smallest absolute Gasteiger partial charge is 0.310 e. The molecule has 1 heterocycles. The number of aliphatic carboxylic acids is 1. The first-order chi connectivity index (χ1) is 9.79. The summed E-state index contributed by atoms with van der Waals surface area (Å²) < 4.78 is 31.4. The molecule has 0 aliphatic carbocycles. The van der Waals surface area contributed by atoms with E-state index in [-0.39, 0.29) is 18.0 Å². The van der Waals surface area contributed by atoms with Crippen molar-refractivity contribution in [2.24, 2.45) is 5.41 Å². The second kappa shape index (κ2) is 5.75. The number of carboxylic acids is 1. The molecule has 6 nitrogen and oxygen atoms in total. The lowest BCUT2D eigenvalue weighted by Gasteiger charge is -2.20. The normalized spacial score (nSPS) is 23.3. The van der Waals surface area contributed by atoms with Crippen LogP contribution in [-0.4, -0.2) is 44.0 Å². The number of sulfonamides is 1. The number of carbonyl (C=O) groups is 1. The highest BCUT2D eigenvalue weighted by molar-refractivity contribution is 7.89. The van der Waals surface area contributed by atoms with E-state index < -0.39 is 21.4 Å². The monoisotopic (exact) mass is 313 g/mol. The molecule has 0 bridgehead atoms. The Kier molecular flexibility index (Phi) is 4.36. The van der Waals surface area contributed by atoms with E-state index in [1.54, 1.807) is 32.2 Å². The molecule has 1 aromatic rings. The van der Waals surface area contributed by atoms with Gasteiger partial charge in [-0.25, -0.2) is 8.42 Å². The molecule has 7 heteroatoms. The lowest BCUT2D eigenvalue weighted by Crippen LogP contribution is -2.34. The summed E-state index contributed by atoms with van der Waals surface area (Å²) in [6.45, 7) is 2.13. The SMILES string of the molecule is COCc1cccc(S(=O)(=O)N2CCC(C)(C(=O)O)C2)c1. The van der Waals surface area contributed by atoms with Crippen LogP contribution in [-0.2, 0) is 26.2 Å². The van der Waals surface area contributed by atoms with Gasteiger partial charge in [-0.3, -0.25) is 4.79 Å². The predicted octanol–water partition coefficient (Wildman–Crippen LogP) is 1.32. The number of hydrogen-bond acceptors (Lipinski definition) is 4. The van der Waals surface area contributed by atoms with Crippen molar-refractivity contribution in [2.75, 3.05) is 20.2 Å². The Morgan fingerprint density at radius 1 is 1.48 bits per heavy atom. The van der Waals surface area contributed by atoms with E-state index >= 15 is 0 Å². The highest BCUT2D eigenvalue weighted by atomic mass is 32.2. The van der Waals surface area contributed by atoms with Crippen molar-refractivity contribution in [3.05, 3.63) is 29.8 Å². The van der Waals surface area contributed by atoms with Gasteiger partial charge in [-0.15, -0.1) is 0 Å². The summed E-state index contributed by atoms with van der Waals surface area (Å²) in [5, 5.41) is 9.20. The lowest BCUT2D eigenvalue weighted by atomic mass is 9.90. The quantitative estimate of drug-likeness (QED) is 0.886. The molecule has 0 saturated carbocycles. The molecule has 1 N–H and O–H groups in total. The molecular formula is C14H19NO5S. The maximum atomic E-state index is 12.6. The predicted molar refractivity (Wildman–Crippen MR) is 76.3 cm³/mol. The van der Waals surface area contributed by atoms with Crippen molar-refractivity contribution in [1.29, 1.82) is 0 Å². The van der Waals surface area contributed by atoms with E-state index in [9.17, 15) is 18.3 Å². The van der Waals surface area contributed by atoms with Crippen molar-refractivity contribution in [2.45, 2.75) is 24.8 Å². The Morgan fingerprint density at radius 3 is 2.76 bits per heavy atom.